The molecule has 2 aliphatic rings. The highest BCUT2D eigenvalue weighted by atomic mass is 16.3. The molecule has 0 spiro atoms. The van der Waals surface area contributed by atoms with Gasteiger partial charge in [0.15, 0.2) is 0 Å². The van der Waals surface area contributed by atoms with E-state index in [-0.39, 0.29) is 11.5 Å². The Morgan fingerprint density at radius 3 is 1.96 bits per heavy atom. The van der Waals surface area contributed by atoms with Crippen molar-refractivity contribution in [1.29, 1.82) is 0 Å². The predicted molar refractivity (Wildman–Crippen MR) is 108 cm³/mol. The van der Waals surface area contributed by atoms with Crippen LogP contribution in [0.5, 0.6) is 0 Å². The molecule has 0 aliphatic heterocycles. The van der Waals surface area contributed by atoms with Crippen LogP contribution in [0.15, 0.2) is 0 Å². The highest BCUT2D eigenvalue weighted by molar-refractivity contribution is 5.02. The molecule has 26 heavy (non-hydrogen) atoms. The first-order valence-corrected chi connectivity index (χ1v) is 11.1. The van der Waals surface area contributed by atoms with E-state index in [0.717, 1.165) is 38.5 Å². The lowest BCUT2D eigenvalue weighted by Crippen LogP contribution is -2.42. The molecule has 4 unspecified atom stereocenters. The van der Waals surface area contributed by atoms with E-state index in [1.807, 2.05) is 27.7 Å². The van der Waals surface area contributed by atoms with Gasteiger partial charge in [0.1, 0.15) is 0 Å². The zero-order chi connectivity index (χ0) is 19.6. The summed E-state index contributed by atoms with van der Waals surface area (Å²) in [4.78, 5) is 0. The second kappa shape index (κ2) is 8.49. The lowest BCUT2D eigenvalue weighted by molar-refractivity contribution is -0.0320. The molecule has 154 valence electrons. The van der Waals surface area contributed by atoms with E-state index in [2.05, 4.69) is 6.92 Å². The van der Waals surface area contributed by atoms with Gasteiger partial charge < -0.3 is 15.3 Å². The fourth-order valence-electron chi connectivity index (χ4n) is 6.10. The van der Waals surface area contributed by atoms with Gasteiger partial charge in [-0.15, -0.1) is 0 Å². The SMILES string of the molecule is CC(C)(O)CCCC(CCCC(C)(C)O)C1CCC2C(O)CCCC21C. The van der Waals surface area contributed by atoms with Gasteiger partial charge in [-0.2, -0.15) is 0 Å². The van der Waals surface area contributed by atoms with E-state index in [1.165, 1.54) is 32.1 Å². The van der Waals surface area contributed by atoms with Crippen molar-refractivity contribution < 1.29 is 15.3 Å². The minimum Gasteiger partial charge on any atom is -0.393 e. The Bertz CT molecular complexity index is 414. The Morgan fingerprint density at radius 2 is 1.46 bits per heavy atom. The van der Waals surface area contributed by atoms with Crippen LogP contribution in [0.1, 0.15) is 105 Å². The zero-order valence-corrected chi connectivity index (χ0v) is 17.9. The summed E-state index contributed by atoms with van der Waals surface area (Å²) in [5.41, 5.74) is -0.882. The van der Waals surface area contributed by atoms with Crippen molar-refractivity contribution in [2.45, 2.75) is 123 Å². The number of hydrogen-bond donors (Lipinski definition) is 3. The van der Waals surface area contributed by atoms with Crippen molar-refractivity contribution >= 4 is 0 Å². The number of aliphatic hydroxyl groups excluding tert-OH is 1. The number of hydrogen-bond acceptors (Lipinski definition) is 3. The van der Waals surface area contributed by atoms with Gasteiger partial charge in [-0.05, 0) is 89.4 Å². The number of aliphatic hydroxyl groups is 3. The molecule has 0 amide bonds. The first-order valence-electron chi connectivity index (χ1n) is 11.1. The van der Waals surface area contributed by atoms with Crippen LogP contribution < -0.4 is 0 Å². The summed E-state index contributed by atoms with van der Waals surface area (Å²) >= 11 is 0. The van der Waals surface area contributed by atoms with Crippen molar-refractivity contribution in [1.82, 2.24) is 0 Å². The molecule has 2 rings (SSSR count). The van der Waals surface area contributed by atoms with Gasteiger partial charge in [-0.25, -0.2) is 0 Å². The molecule has 0 saturated heterocycles. The van der Waals surface area contributed by atoms with E-state index < -0.39 is 11.2 Å². The number of fused-ring (bicyclic) bond motifs is 1. The average Bonchev–Trinajstić information content (AvgIpc) is 2.81. The second-order valence-corrected chi connectivity index (χ2v) is 10.9. The predicted octanol–water partition coefficient (Wildman–Crippen LogP) is 5.06. The topological polar surface area (TPSA) is 60.7 Å². The molecule has 2 fully saturated rings. The first-order chi connectivity index (χ1) is 11.9. The third kappa shape index (κ3) is 5.94. The molecular weight excluding hydrogens is 324 g/mol. The number of rotatable bonds is 9. The summed E-state index contributed by atoms with van der Waals surface area (Å²) in [5, 5.41) is 30.7. The van der Waals surface area contributed by atoms with Crippen LogP contribution >= 0.6 is 0 Å². The van der Waals surface area contributed by atoms with E-state index in [1.54, 1.807) is 0 Å². The molecule has 2 saturated carbocycles. The fourth-order valence-corrected chi connectivity index (χ4v) is 6.10. The summed E-state index contributed by atoms with van der Waals surface area (Å²) in [6, 6.07) is 0. The molecule has 0 aromatic heterocycles. The zero-order valence-electron chi connectivity index (χ0n) is 17.9. The highest BCUT2D eigenvalue weighted by Crippen LogP contribution is 2.59. The Morgan fingerprint density at radius 1 is 0.923 bits per heavy atom. The third-order valence-electron chi connectivity index (χ3n) is 7.46. The molecule has 0 aromatic rings. The van der Waals surface area contributed by atoms with E-state index in [0.29, 0.717) is 17.8 Å². The third-order valence-corrected chi connectivity index (χ3v) is 7.46. The van der Waals surface area contributed by atoms with Gasteiger partial charge in [-0.3, -0.25) is 0 Å². The van der Waals surface area contributed by atoms with E-state index in [4.69, 9.17) is 0 Å². The molecule has 4 atom stereocenters. The van der Waals surface area contributed by atoms with Gasteiger partial charge in [0.25, 0.3) is 0 Å². The van der Waals surface area contributed by atoms with Crippen molar-refractivity contribution in [3.05, 3.63) is 0 Å². The summed E-state index contributed by atoms with van der Waals surface area (Å²) in [6.45, 7) is 10.1. The van der Waals surface area contributed by atoms with Crippen LogP contribution in [0.2, 0.25) is 0 Å². The lowest BCUT2D eigenvalue weighted by atomic mass is 9.60. The first kappa shape index (κ1) is 22.2. The van der Waals surface area contributed by atoms with Gasteiger partial charge in [0.05, 0.1) is 17.3 Å². The fraction of sp³-hybridized carbons (Fsp3) is 1.00. The van der Waals surface area contributed by atoms with Crippen molar-refractivity contribution in [3.63, 3.8) is 0 Å². The Hall–Kier alpha value is -0.120. The van der Waals surface area contributed by atoms with Crippen LogP contribution in [-0.4, -0.2) is 32.6 Å². The molecule has 3 heteroatoms. The summed E-state index contributed by atoms with van der Waals surface area (Å²) in [6.07, 6.45) is 11.9. The minimum absolute atomic E-state index is 0.104. The average molecular weight is 369 g/mol. The van der Waals surface area contributed by atoms with Crippen molar-refractivity contribution in [3.8, 4) is 0 Å². The Kier molecular flexibility index (Phi) is 7.24. The summed E-state index contributed by atoms with van der Waals surface area (Å²) < 4.78 is 0. The quantitative estimate of drug-likeness (QED) is 0.533. The van der Waals surface area contributed by atoms with Gasteiger partial charge in [0, 0.05) is 0 Å². The van der Waals surface area contributed by atoms with Crippen LogP contribution in [0.4, 0.5) is 0 Å². The molecule has 0 heterocycles. The van der Waals surface area contributed by atoms with E-state index >= 15 is 0 Å². The monoisotopic (exact) mass is 368 g/mol. The standard InChI is InChI=1S/C23H44O3/c1-21(2,25)14-6-9-17(10-7-15-22(3,4)26)18-12-13-19-20(24)11-8-16-23(18,19)5/h17-20,24-26H,6-16H2,1-5H3. The normalized spacial score (nSPS) is 32.9. The molecule has 3 nitrogen and oxygen atoms in total. The van der Waals surface area contributed by atoms with Crippen LogP contribution in [0, 0.1) is 23.2 Å². The Balaban J connectivity index is 2.04. The van der Waals surface area contributed by atoms with Crippen LogP contribution in [0.3, 0.4) is 0 Å². The maximum atomic E-state index is 10.5. The molecule has 2 aliphatic carbocycles. The van der Waals surface area contributed by atoms with Gasteiger partial charge in [0.2, 0.25) is 0 Å². The van der Waals surface area contributed by atoms with Crippen LogP contribution in [0.25, 0.3) is 0 Å². The maximum absolute atomic E-state index is 10.5. The molecule has 0 radical (unpaired) electrons. The van der Waals surface area contributed by atoms with E-state index in [9.17, 15) is 15.3 Å². The lowest BCUT2D eigenvalue weighted by Gasteiger charge is -2.46. The Labute approximate surface area is 161 Å². The largest absolute Gasteiger partial charge is 0.393 e. The second-order valence-electron chi connectivity index (χ2n) is 10.9. The summed E-state index contributed by atoms with van der Waals surface area (Å²) in [5.74, 6) is 1.82. The molecule has 0 bridgehead atoms. The minimum atomic E-state index is -0.583. The van der Waals surface area contributed by atoms with Gasteiger partial charge >= 0.3 is 0 Å². The smallest absolute Gasteiger partial charge is 0.0591 e. The van der Waals surface area contributed by atoms with Crippen LogP contribution in [-0.2, 0) is 0 Å². The summed E-state index contributed by atoms with van der Waals surface area (Å²) in [7, 11) is 0. The molecule has 3 N–H and O–H groups in total. The highest BCUT2D eigenvalue weighted by Gasteiger charge is 2.52. The van der Waals surface area contributed by atoms with Gasteiger partial charge in [-0.1, -0.05) is 39.0 Å². The molecular formula is C23H44O3. The van der Waals surface area contributed by atoms with Crippen molar-refractivity contribution in [2.75, 3.05) is 0 Å². The van der Waals surface area contributed by atoms with Crippen molar-refractivity contribution in [2.24, 2.45) is 23.2 Å². The maximum Gasteiger partial charge on any atom is 0.0591 e. The molecule has 0 aromatic carbocycles.